The number of urea groups is 1. The van der Waals surface area contributed by atoms with Gasteiger partial charge in [0.1, 0.15) is 11.5 Å². The highest BCUT2D eigenvalue weighted by Crippen LogP contribution is 2.25. The predicted molar refractivity (Wildman–Crippen MR) is 98.5 cm³/mol. The second kappa shape index (κ2) is 10.2. The summed E-state index contributed by atoms with van der Waals surface area (Å²) in [6.45, 7) is -0.541. The van der Waals surface area contributed by atoms with Gasteiger partial charge in [-0.05, 0) is 31.1 Å². The lowest BCUT2D eigenvalue weighted by Crippen LogP contribution is -2.44. The summed E-state index contributed by atoms with van der Waals surface area (Å²) in [5, 5.41) is 4.86. The summed E-state index contributed by atoms with van der Waals surface area (Å²) in [6.07, 6.45) is 6.65. The number of rotatable bonds is 7. The molecule has 1 fully saturated rings. The maximum atomic E-state index is 11.8. The Morgan fingerprint density at radius 1 is 1.15 bits per heavy atom. The van der Waals surface area contributed by atoms with Gasteiger partial charge in [0.05, 0.1) is 14.2 Å². The number of imide groups is 1. The number of esters is 1. The highest BCUT2D eigenvalue weighted by atomic mass is 16.5. The number of methoxy groups -OCH3 is 2. The zero-order chi connectivity index (χ0) is 19.6. The van der Waals surface area contributed by atoms with Gasteiger partial charge in [-0.1, -0.05) is 12.8 Å². The maximum absolute atomic E-state index is 11.8. The van der Waals surface area contributed by atoms with Gasteiger partial charge < -0.3 is 19.5 Å². The van der Waals surface area contributed by atoms with Crippen molar-refractivity contribution < 1.29 is 28.6 Å². The van der Waals surface area contributed by atoms with Crippen molar-refractivity contribution in [3.05, 3.63) is 29.8 Å². The van der Waals surface area contributed by atoms with Crippen LogP contribution in [0.4, 0.5) is 4.79 Å². The minimum atomic E-state index is -0.709. The first-order chi connectivity index (χ1) is 13.0. The normalized spacial score (nSPS) is 14.0. The van der Waals surface area contributed by atoms with E-state index in [0.717, 1.165) is 25.7 Å². The van der Waals surface area contributed by atoms with Gasteiger partial charge in [0.2, 0.25) is 0 Å². The highest BCUT2D eigenvalue weighted by Gasteiger charge is 2.18. The topological polar surface area (TPSA) is 103 Å². The molecule has 1 aromatic rings. The molecule has 8 nitrogen and oxygen atoms in total. The average Bonchev–Trinajstić information content (AvgIpc) is 3.17. The second-order valence-corrected chi connectivity index (χ2v) is 6.05. The van der Waals surface area contributed by atoms with Crippen LogP contribution in [0.15, 0.2) is 24.3 Å². The van der Waals surface area contributed by atoms with Crippen LogP contribution >= 0.6 is 0 Å². The Kier molecular flexibility index (Phi) is 7.66. The third-order valence-electron chi connectivity index (χ3n) is 4.13. The van der Waals surface area contributed by atoms with E-state index in [1.807, 2.05) is 0 Å². The van der Waals surface area contributed by atoms with Crippen LogP contribution in [-0.4, -0.2) is 44.8 Å². The molecule has 0 saturated heterocycles. The Balaban J connectivity index is 1.77. The van der Waals surface area contributed by atoms with E-state index in [1.54, 1.807) is 25.3 Å². The molecule has 146 valence electrons. The number of hydrogen-bond acceptors (Lipinski definition) is 6. The Hall–Kier alpha value is -3.03. The van der Waals surface area contributed by atoms with E-state index in [4.69, 9.17) is 14.2 Å². The Morgan fingerprint density at radius 2 is 1.89 bits per heavy atom. The first-order valence-electron chi connectivity index (χ1n) is 8.69. The lowest BCUT2D eigenvalue weighted by atomic mass is 10.2. The van der Waals surface area contributed by atoms with E-state index >= 15 is 0 Å². The SMILES string of the molecule is COc1ccc(/C=C/C(=O)OCC(=O)NC(=O)NC2CCCC2)c(OC)c1. The van der Waals surface area contributed by atoms with Crippen LogP contribution in [0.5, 0.6) is 11.5 Å². The molecule has 0 atom stereocenters. The molecule has 2 N–H and O–H groups in total. The molecule has 0 bridgehead atoms. The Morgan fingerprint density at radius 3 is 2.56 bits per heavy atom. The summed E-state index contributed by atoms with van der Waals surface area (Å²) >= 11 is 0. The molecule has 1 saturated carbocycles. The van der Waals surface area contributed by atoms with Gasteiger partial charge in [0.15, 0.2) is 6.61 Å². The van der Waals surface area contributed by atoms with Crippen LogP contribution < -0.4 is 20.1 Å². The van der Waals surface area contributed by atoms with Crippen LogP contribution in [0.2, 0.25) is 0 Å². The number of hydrogen-bond donors (Lipinski definition) is 2. The summed E-state index contributed by atoms with van der Waals surface area (Å²) in [5.41, 5.74) is 0.649. The fraction of sp³-hybridized carbons (Fsp3) is 0.421. The number of carbonyl (C=O) groups excluding carboxylic acids is 3. The molecule has 27 heavy (non-hydrogen) atoms. The molecular weight excluding hydrogens is 352 g/mol. The smallest absolute Gasteiger partial charge is 0.331 e. The van der Waals surface area contributed by atoms with Crippen molar-refractivity contribution in [1.82, 2.24) is 10.6 Å². The van der Waals surface area contributed by atoms with E-state index in [1.165, 1.54) is 19.3 Å². The standard InChI is InChI=1S/C19H24N2O6/c1-25-15-9-7-13(16(11-15)26-2)8-10-18(23)27-12-17(22)21-19(24)20-14-5-3-4-6-14/h7-11,14H,3-6,12H2,1-2H3,(H2,20,21,22,24)/b10-8+. The summed E-state index contributed by atoms with van der Waals surface area (Å²) in [7, 11) is 3.05. The first-order valence-corrected chi connectivity index (χ1v) is 8.69. The van der Waals surface area contributed by atoms with Gasteiger partial charge in [-0.15, -0.1) is 0 Å². The van der Waals surface area contributed by atoms with Crippen molar-refractivity contribution in [2.75, 3.05) is 20.8 Å². The summed E-state index contributed by atoms with van der Waals surface area (Å²) < 4.78 is 15.2. The first kappa shape index (κ1) is 20.3. The number of carbonyl (C=O) groups is 3. The summed E-state index contributed by atoms with van der Waals surface area (Å²) in [6, 6.07) is 4.66. The van der Waals surface area contributed by atoms with E-state index in [2.05, 4.69) is 10.6 Å². The van der Waals surface area contributed by atoms with Gasteiger partial charge in [-0.25, -0.2) is 9.59 Å². The quantitative estimate of drug-likeness (QED) is 0.558. The highest BCUT2D eigenvalue weighted by molar-refractivity contribution is 5.96. The molecule has 0 aromatic heterocycles. The van der Waals surface area contributed by atoms with Gasteiger partial charge >= 0.3 is 12.0 Å². The molecule has 0 heterocycles. The number of ether oxygens (including phenoxy) is 3. The monoisotopic (exact) mass is 376 g/mol. The van der Waals surface area contributed by atoms with E-state index in [0.29, 0.717) is 17.1 Å². The van der Waals surface area contributed by atoms with Crippen LogP contribution in [0.1, 0.15) is 31.2 Å². The molecule has 0 aliphatic heterocycles. The minimum Gasteiger partial charge on any atom is -0.497 e. The van der Waals surface area contributed by atoms with E-state index < -0.39 is 24.5 Å². The molecule has 1 aromatic carbocycles. The van der Waals surface area contributed by atoms with Gasteiger partial charge in [0, 0.05) is 23.7 Å². The molecule has 3 amide bonds. The molecular formula is C19H24N2O6. The fourth-order valence-electron chi connectivity index (χ4n) is 2.75. The molecule has 1 aliphatic carbocycles. The number of benzene rings is 1. The molecule has 1 aliphatic rings. The largest absolute Gasteiger partial charge is 0.497 e. The molecule has 8 heteroatoms. The van der Waals surface area contributed by atoms with Crippen LogP contribution in [0.3, 0.4) is 0 Å². The molecule has 0 spiro atoms. The van der Waals surface area contributed by atoms with E-state index in [9.17, 15) is 14.4 Å². The molecule has 0 radical (unpaired) electrons. The van der Waals surface area contributed by atoms with Crippen molar-refractivity contribution in [3.8, 4) is 11.5 Å². The third kappa shape index (κ3) is 6.65. The van der Waals surface area contributed by atoms with E-state index in [-0.39, 0.29) is 6.04 Å². The van der Waals surface area contributed by atoms with Crippen LogP contribution in [0.25, 0.3) is 6.08 Å². The second-order valence-electron chi connectivity index (χ2n) is 6.05. The van der Waals surface area contributed by atoms with Crippen LogP contribution in [-0.2, 0) is 14.3 Å². The average molecular weight is 376 g/mol. The van der Waals surface area contributed by atoms with Crippen molar-refractivity contribution >= 4 is 24.0 Å². The van der Waals surface area contributed by atoms with Crippen molar-refractivity contribution in [2.45, 2.75) is 31.7 Å². The van der Waals surface area contributed by atoms with Gasteiger partial charge in [-0.3, -0.25) is 10.1 Å². The minimum absolute atomic E-state index is 0.0998. The maximum Gasteiger partial charge on any atom is 0.331 e. The molecule has 2 rings (SSSR count). The number of nitrogens with one attached hydrogen (secondary N) is 2. The van der Waals surface area contributed by atoms with Gasteiger partial charge in [-0.2, -0.15) is 0 Å². The Labute approximate surface area is 157 Å². The summed E-state index contributed by atoms with van der Waals surface area (Å²) in [4.78, 5) is 35.1. The van der Waals surface area contributed by atoms with Crippen molar-refractivity contribution in [1.29, 1.82) is 0 Å². The van der Waals surface area contributed by atoms with Crippen LogP contribution in [0, 0.1) is 0 Å². The van der Waals surface area contributed by atoms with Gasteiger partial charge in [0.25, 0.3) is 5.91 Å². The van der Waals surface area contributed by atoms with Crippen molar-refractivity contribution in [2.24, 2.45) is 0 Å². The lowest BCUT2D eigenvalue weighted by Gasteiger charge is -2.12. The molecule has 0 unspecified atom stereocenters. The summed E-state index contributed by atoms with van der Waals surface area (Å²) in [5.74, 6) is -0.243. The van der Waals surface area contributed by atoms with Crippen molar-refractivity contribution in [3.63, 3.8) is 0 Å². The zero-order valence-corrected chi connectivity index (χ0v) is 15.4. The zero-order valence-electron chi connectivity index (χ0n) is 15.4. The lowest BCUT2D eigenvalue weighted by molar-refractivity contribution is -0.143. The fourth-order valence-corrected chi connectivity index (χ4v) is 2.75. The Bertz CT molecular complexity index is 710. The predicted octanol–water partition coefficient (Wildman–Crippen LogP) is 2.03. The third-order valence-corrected chi connectivity index (χ3v) is 4.13. The number of amides is 3.